The first-order chi connectivity index (χ1) is 11.3. The molecule has 0 aliphatic carbocycles. The number of aromatic nitrogens is 2. The van der Waals surface area contributed by atoms with Crippen LogP contribution in [0.3, 0.4) is 0 Å². The molecular weight excluding hydrogens is 302 g/mol. The normalized spacial score (nSPS) is 13.6. The van der Waals surface area contributed by atoms with Crippen LogP contribution < -0.4 is 15.2 Å². The lowest BCUT2D eigenvalue weighted by Crippen LogP contribution is -2.43. The molecule has 0 aliphatic heterocycles. The number of ether oxygens (including phenoxy) is 2. The van der Waals surface area contributed by atoms with Gasteiger partial charge in [-0.2, -0.15) is 0 Å². The molecule has 2 rings (SSSR count). The van der Waals surface area contributed by atoms with Gasteiger partial charge in [-0.05, 0) is 49.9 Å². The van der Waals surface area contributed by atoms with E-state index in [1.165, 1.54) is 0 Å². The van der Waals surface area contributed by atoms with Crippen molar-refractivity contribution < 1.29 is 9.47 Å². The van der Waals surface area contributed by atoms with Gasteiger partial charge in [-0.3, -0.25) is 4.98 Å². The summed E-state index contributed by atoms with van der Waals surface area (Å²) in [5.74, 6) is 1.57. The summed E-state index contributed by atoms with van der Waals surface area (Å²) in [7, 11) is 1.61. The van der Waals surface area contributed by atoms with Crippen LogP contribution in [0, 0.1) is 12.8 Å². The van der Waals surface area contributed by atoms with Gasteiger partial charge in [0.05, 0.1) is 7.11 Å². The quantitative estimate of drug-likeness (QED) is 0.840. The predicted octanol–water partition coefficient (Wildman–Crippen LogP) is 3.60. The second-order valence-electron chi connectivity index (χ2n) is 6.96. The first kappa shape index (κ1) is 18.2. The van der Waals surface area contributed by atoms with Crippen LogP contribution in [0.5, 0.6) is 11.6 Å². The molecular formula is C19H27N3O2. The number of hydrogen-bond acceptors (Lipinski definition) is 5. The monoisotopic (exact) mass is 329 g/mol. The van der Waals surface area contributed by atoms with E-state index in [0.29, 0.717) is 24.2 Å². The fourth-order valence-electron chi connectivity index (χ4n) is 2.79. The Morgan fingerprint density at radius 3 is 2.58 bits per heavy atom. The summed E-state index contributed by atoms with van der Waals surface area (Å²) in [6.07, 6.45) is 4.44. The Bertz CT molecular complexity index is 684. The van der Waals surface area contributed by atoms with E-state index >= 15 is 0 Å². The van der Waals surface area contributed by atoms with Crippen LogP contribution in [0.1, 0.15) is 32.9 Å². The van der Waals surface area contributed by atoms with Crippen molar-refractivity contribution in [1.29, 1.82) is 0 Å². The molecule has 0 bridgehead atoms. The SMILES string of the molecule is COc1cc(-c2ccnc(C)c2)cnc1OCC(C)(N)CC(C)C. The van der Waals surface area contributed by atoms with Crippen molar-refractivity contribution in [3.8, 4) is 22.8 Å². The molecule has 1 unspecified atom stereocenters. The Morgan fingerprint density at radius 2 is 1.96 bits per heavy atom. The smallest absolute Gasteiger partial charge is 0.257 e. The van der Waals surface area contributed by atoms with Crippen molar-refractivity contribution in [1.82, 2.24) is 9.97 Å². The van der Waals surface area contributed by atoms with Crippen LogP contribution in [-0.4, -0.2) is 29.2 Å². The summed E-state index contributed by atoms with van der Waals surface area (Å²) in [4.78, 5) is 8.63. The Kier molecular flexibility index (Phi) is 5.78. The molecule has 5 nitrogen and oxygen atoms in total. The highest BCUT2D eigenvalue weighted by molar-refractivity contribution is 5.65. The molecule has 2 heterocycles. The second-order valence-corrected chi connectivity index (χ2v) is 6.96. The number of rotatable bonds is 7. The molecule has 5 heteroatoms. The zero-order valence-electron chi connectivity index (χ0n) is 15.2. The Balaban J connectivity index is 2.17. The van der Waals surface area contributed by atoms with Crippen molar-refractivity contribution in [2.45, 2.75) is 39.7 Å². The first-order valence-electron chi connectivity index (χ1n) is 8.19. The lowest BCUT2D eigenvalue weighted by Gasteiger charge is -2.26. The summed E-state index contributed by atoms with van der Waals surface area (Å²) < 4.78 is 11.3. The van der Waals surface area contributed by atoms with E-state index in [9.17, 15) is 0 Å². The molecule has 2 aromatic heterocycles. The number of methoxy groups -OCH3 is 1. The van der Waals surface area contributed by atoms with Crippen LogP contribution in [0.25, 0.3) is 11.1 Å². The fourth-order valence-corrected chi connectivity index (χ4v) is 2.79. The summed E-state index contributed by atoms with van der Waals surface area (Å²) >= 11 is 0. The van der Waals surface area contributed by atoms with Gasteiger partial charge in [0.2, 0.25) is 0 Å². The van der Waals surface area contributed by atoms with E-state index in [1.807, 2.05) is 32.0 Å². The van der Waals surface area contributed by atoms with Gasteiger partial charge < -0.3 is 15.2 Å². The van der Waals surface area contributed by atoms with Gasteiger partial charge in [0.1, 0.15) is 6.61 Å². The molecule has 0 saturated carbocycles. The molecule has 2 aromatic rings. The van der Waals surface area contributed by atoms with Gasteiger partial charge in [-0.1, -0.05) is 13.8 Å². The van der Waals surface area contributed by atoms with Crippen LogP contribution in [-0.2, 0) is 0 Å². The molecule has 1 atom stereocenters. The minimum Gasteiger partial charge on any atom is -0.491 e. The number of pyridine rings is 2. The Morgan fingerprint density at radius 1 is 1.21 bits per heavy atom. The summed E-state index contributed by atoms with van der Waals surface area (Å²) in [6.45, 7) is 8.64. The van der Waals surface area contributed by atoms with E-state index in [0.717, 1.165) is 23.2 Å². The molecule has 0 radical (unpaired) electrons. The minimum absolute atomic E-state index is 0.391. The van der Waals surface area contributed by atoms with Gasteiger partial charge in [0.15, 0.2) is 5.75 Å². The highest BCUT2D eigenvalue weighted by Crippen LogP contribution is 2.30. The standard InChI is InChI=1S/C19H27N3O2/c1-13(2)10-19(4,20)12-24-18-17(23-5)9-16(11-22-18)15-6-7-21-14(3)8-15/h6-9,11,13H,10,12,20H2,1-5H3. The van der Waals surface area contributed by atoms with Crippen LogP contribution in [0.15, 0.2) is 30.6 Å². The van der Waals surface area contributed by atoms with Gasteiger partial charge in [-0.15, -0.1) is 0 Å². The zero-order valence-corrected chi connectivity index (χ0v) is 15.2. The highest BCUT2D eigenvalue weighted by Gasteiger charge is 2.22. The molecule has 0 aliphatic rings. The average molecular weight is 329 g/mol. The van der Waals surface area contributed by atoms with Crippen molar-refractivity contribution in [2.75, 3.05) is 13.7 Å². The lowest BCUT2D eigenvalue weighted by atomic mass is 9.93. The molecule has 0 saturated heterocycles. The van der Waals surface area contributed by atoms with E-state index in [-0.39, 0.29) is 0 Å². The van der Waals surface area contributed by atoms with Crippen LogP contribution >= 0.6 is 0 Å². The minimum atomic E-state index is -0.401. The summed E-state index contributed by atoms with van der Waals surface area (Å²) in [6, 6.07) is 5.88. The fraction of sp³-hybridized carbons (Fsp3) is 0.474. The number of nitrogens with two attached hydrogens (primary N) is 1. The third-order valence-electron chi connectivity index (χ3n) is 3.68. The molecule has 0 fully saturated rings. The molecule has 24 heavy (non-hydrogen) atoms. The van der Waals surface area contributed by atoms with Crippen molar-refractivity contribution >= 4 is 0 Å². The van der Waals surface area contributed by atoms with Crippen molar-refractivity contribution in [2.24, 2.45) is 11.7 Å². The van der Waals surface area contributed by atoms with Crippen molar-refractivity contribution in [3.05, 3.63) is 36.3 Å². The van der Waals surface area contributed by atoms with Crippen LogP contribution in [0.2, 0.25) is 0 Å². The molecule has 2 N–H and O–H groups in total. The van der Waals surface area contributed by atoms with Crippen LogP contribution in [0.4, 0.5) is 0 Å². The third-order valence-corrected chi connectivity index (χ3v) is 3.68. The van der Waals surface area contributed by atoms with Gasteiger partial charge in [0, 0.05) is 29.2 Å². The molecule has 0 spiro atoms. The number of aryl methyl sites for hydroxylation is 1. The summed E-state index contributed by atoms with van der Waals surface area (Å²) in [5.41, 5.74) is 8.86. The third kappa shape index (κ3) is 4.93. The van der Waals surface area contributed by atoms with Crippen molar-refractivity contribution in [3.63, 3.8) is 0 Å². The maximum atomic E-state index is 6.29. The van der Waals surface area contributed by atoms with E-state index in [2.05, 4.69) is 23.8 Å². The molecule has 130 valence electrons. The number of nitrogens with zero attached hydrogens (tertiary/aromatic N) is 2. The maximum Gasteiger partial charge on any atom is 0.257 e. The van der Waals surface area contributed by atoms with E-state index in [4.69, 9.17) is 15.2 Å². The largest absolute Gasteiger partial charge is 0.491 e. The predicted molar refractivity (Wildman–Crippen MR) is 96.3 cm³/mol. The average Bonchev–Trinajstić information content (AvgIpc) is 2.51. The zero-order chi connectivity index (χ0) is 17.7. The summed E-state index contributed by atoms with van der Waals surface area (Å²) in [5, 5.41) is 0. The first-order valence-corrected chi connectivity index (χ1v) is 8.19. The Labute approximate surface area is 144 Å². The molecule has 0 aromatic carbocycles. The Hall–Kier alpha value is -2.14. The van der Waals surface area contributed by atoms with Gasteiger partial charge >= 0.3 is 0 Å². The maximum absolute atomic E-state index is 6.29. The van der Waals surface area contributed by atoms with Gasteiger partial charge in [0.25, 0.3) is 5.88 Å². The topological polar surface area (TPSA) is 70.3 Å². The highest BCUT2D eigenvalue weighted by atomic mass is 16.5. The van der Waals surface area contributed by atoms with E-state index in [1.54, 1.807) is 19.5 Å². The number of hydrogen-bond donors (Lipinski definition) is 1. The van der Waals surface area contributed by atoms with Gasteiger partial charge in [-0.25, -0.2) is 4.98 Å². The lowest BCUT2D eigenvalue weighted by molar-refractivity contribution is 0.194. The molecule has 0 amide bonds. The van der Waals surface area contributed by atoms with E-state index < -0.39 is 5.54 Å². The second kappa shape index (κ2) is 7.62.